The number of benzene rings is 2. The van der Waals surface area contributed by atoms with Gasteiger partial charge in [-0.3, -0.25) is 4.33 Å². The summed E-state index contributed by atoms with van der Waals surface area (Å²) in [5.41, 5.74) is 2.32. The van der Waals surface area contributed by atoms with E-state index in [1.165, 1.54) is 5.69 Å². The summed E-state index contributed by atoms with van der Waals surface area (Å²) >= 11 is 0. The van der Waals surface area contributed by atoms with Crippen molar-refractivity contribution in [2.45, 2.75) is 0 Å². The first kappa shape index (κ1) is 10.2. The van der Waals surface area contributed by atoms with Gasteiger partial charge in [0, 0.05) is 13.9 Å². The van der Waals surface area contributed by atoms with Crippen LogP contribution in [0.2, 0.25) is 0 Å². The molecule has 2 aromatic carbocycles. The topological polar surface area (TPSA) is 17.8 Å². The van der Waals surface area contributed by atoms with Crippen LogP contribution in [-0.2, 0) is 0 Å². The Morgan fingerprint density at radius 3 is 2.18 bits per heavy atom. The van der Waals surface area contributed by atoms with Crippen LogP contribution in [0.25, 0.3) is 17.1 Å². The largest absolute Gasteiger partial charge is 0.275 e. The lowest BCUT2D eigenvalue weighted by molar-refractivity contribution is 1.15. The van der Waals surface area contributed by atoms with Crippen molar-refractivity contribution in [2.75, 3.05) is 0 Å². The van der Waals surface area contributed by atoms with Gasteiger partial charge in [0.25, 0.3) is 0 Å². The van der Waals surface area contributed by atoms with Crippen LogP contribution in [0.1, 0.15) is 0 Å². The minimum atomic E-state index is 1.01. The molecule has 1 aromatic heterocycles. The fourth-order valence-corrected chi connectivity index (χ4v) is 2.59. The van der Waals surface area contributed by atoms with E-state index in [-0.39, 0.29) is 0 Å². The second-order valence-corrected chi connectivity index (χ2v) is 4.56. The summed E-state index contributed by atoms with van der Waals surface area (Å²) in [6, 6.07) is 20.6. The third-order valence-corrected chi connectivity index (χ3v) is 3.45. The molecule has 1 heterocycles. The minimum Gasteiger partial charge on any atom is -0.275 e. The number of nitrogens with zero attached hydrogens (tertiary/aromatic N) is 2. The Kier molecular flexibility index (Phi) is 2.73. The van der Waals surface area contributed by atoms with Crippen molar-refractivity contribution in [2.24, 2.45) is 0 Å². The first-order valence-electron chi connectivity index (χ1n) is 5.46. The highest BCUT2D eigenvalue weighted by atomic mass is 31.0. The molecule has 3 rings (SSSR count). The van der Waals surface area contributed by atoms with E-state index < -0.39 is 0 Å². The van der Waals surface area contributed by atoms with Gasteiger partial charge in [0.05, 0.1) is 11.6 Å². The fraction of sp³-hybridized carbons (Fsp3) is 0. The molecule has 0 unspecified atom stereocenters. The molecular formula is C14H11N2P. The fourth-order valence-electron chi connectivity index (χ4n) is 1.78. The van der Waals surface area contributed by atoms with Crippen molar-refractivity contribution in [1.82, 2.24) is 9.31 Å². The molecule has 0 amide bonds. The SMILES string of the molecule is c1ccc(-c2ncpn2-c2ccccc2)cc1. The predicted octanol–water partition coefficient (Wildman–Crippen LogP) is 4.12. The Balaban J connectivity index is 2.13. The lowest BCUT2D eigenvalue weighted by Crippen LogP contribution is -1.93. The maximum atomic E-state index is 4.47. The van der Waals surface area contributed by atoms with E-state index in [9.17, 15) is 0 Å². The molecule has 17 heavy (non-hydrogen) atoms. The van der Waals surface area contributed by atoms with Crippen molar-refractivity contribution in [3.05, 3.63) is 66.6 Å². The summed E-state index contributed by atoms with van der Waals surface area (Å²) in [7, 11) is 1.10. The molecule has 0 atom stereocenters. The Bertz CT molecular complexity index is 548. The number of hydrogen-bond acceptors (Lipinski definition) is 1. The molecule has 3 aromatic rings. The Hall–Kier alpha value is -1.92. The van der Waals surface area contributed by atoms with E-state index in [2.05, 4.69) is 33.6 Å². The summed E-state index contributed by atoms with van der Waals surface area (Å²) in [6.45, 7) is 0. The van der Waals surface area contributed by atoms with Crippen LogP contribution in [-0.4, -0.2) is 9.31 Å². The molecule has 0 aliphatic rings. The van der Waals surface area contributed by atoms with E-state index in [1.807, 2.05) is 42.3 Å². The Labute approximate surface area is 102 Å². The van der Waals surface area contributed by atoms with E-state index in [1.54, 1.807) is 0 Å². The highest BCUT2D eigenvalue weighted by Gasteiger charge is 2.06. The minimum absolute atomic E-state index is 1.01. The third-order valence-electron chi connectivity index (χ3n) is 2.58. The van der Waals surface area contributed by atoms with Gasteiger partial charge in [0.2, 0.25) is 0 Å². The van der Waals surface area contributed by atoms with E-state index in [4.69, 9.17) is 0 Å². The standard InChI is InChI=1S/C14H11N2P/c1-3-7-12(8-4-1)14-15-11-17-16(14)13-9-5-2-6-10-13/h1-11H. The summed E-state index contributed by atoms with van der Waals surface area (Å²) in [5.74, 6) is 2.94. The molecule has 2 nitrogen and oxygen atoms in total. The van der Waals surface area contributed by atoms with E-state index in [0.717, 1.165) is 19.7 Å². The van der Waals surface area contributed by atoms with Gasteiger partial charge in [0.15, 0.2) is 0 Å². The first-order valence-corrected chi connectivity index (χ1v) is 6.37. The average Bonchev–Trinajstić information content (AvgIpc) is 2.90. The van der Waals surface area contributed by atoms with Crippen molar-refractivity contribution in [3.8, 4) is 17.1 Å². The molecule has 0 bridgehead atoms. The van der Waals surface area contributed by atoms with Gasteiger partial charge >= 0.3 is 0 Å². The van der Waals surface area contributed by atoms with Crippen LogP contribution in [0.15, 0.2) is 66.6 Å². The monoisotopic (exact) mass is 238 g/mol. The summed E-state index contributed by atoms with van der Waals surface area (Å²) in [5, 5.41) is 0. The van der Waals surface area contributed by atoms with Gasteiger partial charge in [-0.15, -0.1) is 0 Å². The predicted molar refractivity (Wildman–Crippen MR) is 71.5 cm³/mol. The van der Waals surface area contributed by atoms with E-state index in [0.29, 0.717) is 0 Å². The van der Waals surface area contributed by atoms with Crippen LogP contribution < -0.4 is 0 Å². The van der Waals surface area contributed by atoms with Crippen molar-refractivity contribution in [3.63, 3.8) is 0 Å². The Morgan fingerprint density at radius 1 is 0.824 bits per heavy atom. The smallest absolute Gasteiger partial charge is 0.148 e. The lowest BCUT2D eigenvalue weighted by Gasteiger charge is -2.06. The van der Waals surface area contributed by atoms with Gasteiger partial charge in [-0.05, 0) is 12.1 Å². The normalized spacial score (nSPS) is 10.8. The zero-order chi connectivity index (χ0) is 11.5. The van der Waals surface area contributed by atoms with Crippen LogP contribution in [0.5, 0.6) is 0 Å². The number of hydrogen-bond donors (Lipinski definition) is 0. The second-order valence-electron chi connectivity index (χ2n) is 3.70. The average molecular weight is 238 g/mol. The van der Waals surface area contributed by atoms with Gasteiger partial charge in [-0.2, -0.15) is 0 Å². The summed E-state index contributed by atoms with van der Waals surface area (Å²) in [4.78, 5) is 4.47. The number of rotatable bonds is 2. The molecule has 0 spiro atoms. The molecule has 0 N–H and O–H groups in total. The van der Waals surface area contributed by atoms with Crippen molar-refractivity contribution < 1.29 is 0 Å². The van der Waals surface area contributed by atoms with Crippen LogP contribution in [0.3, 0.4) is 0 Å². The van der Waals surface area contributed by atoms with Crippen LogP contribution >= 0.6 is 8.35 Å². The maximum Gasteiger partial charge on any atom is 0.148 e. The molecule has 0 aliphatic carbocycles. The van der Waals surface area contributed by atoms with Crippen molar-refractivity contribution >= 4 is 8.35 Å². The summed E-state index contributed by atoms with van der Waals surface area (Å²) < 4.78 is 2.19. The Morgan fingerprint density at radius 2 is 1.47 bits per heavy atom. The zero-order valence-electron chi connectivity index (χ0n) is 9.19. The van der Waals surface area contributed by atoms with Gasteiger partial charge < -0.3 is 0 Å². The zero-order valence-corrected chi connectivity index (χ0v) is 10.1. The number of aromatic nitrogens is 2. The van der Waals surface area contributed by atoms with Crippen LogP contribution in [0.4, 0.5) is 0 Å². The molecular weight excluding hydrogens is 227 g/mol. The van der Waals surface area contributed by atoms with E-state index >= 15 is 0 Å². The number of para-hydroxylation sites is 1. The molecule has 3 heteroatoms. The van der Waals surface area contributed by atoms with Crippen LogP contribution in [0, 0.1) is 0 Å². The van der Waals surface area contributed by atoms with Gasteiger partial charge in [-0.1, -0.05) is 48.5 Å². The second kappa shape index (κ2) is 4.52. The lowest BCUT2D eigenvalue weighted by atomic mass is 10.2. The third kappa shape index (κ3) is 2.00. The maximum absolute atomic E-state index is 4.47. The molecule has 0 aliphatic heterocycles. The highest BCUT2D eigenvalue weighted by Crippen LogP contribution is 2.25. The molecule has 0 saturated heterocycles. The summed E-state index contributed by atoms with van der Waals surface area (Å²) in [6.07, 6.45) is 0. The quantitative estimate of drug-likeness (QED) is 0.656. The highest BCUT2D eigenvalue weighted by molar-refractivity contribution is 7.25. The molecule has 0 saturated carbocycles. The van der Waals surface area contributed by atoms with Gasteiger partial charge in [0.1, 0.15) is 5.82 Å². The molecule has 0 radical (unpaired) electrons. The first-order chi connectivity index (χ1) is 8.45. The van der Waals surface area contributed by atoms with Crippen molar-refractivity contribution in [1.29, 1.82) is 0 Å². The molecule has 82 valence electrons. The van der Waals surface area contributed by atoms with Gasteiger partial charge in [-0.25, -0.2) is 4.98 Å². The molecule has 0 fully saturated rings.